The maximum Gasteiger partial charge on any atom is 0.308 e. The van der Waals surface area contributed by atoms with Crippen LogP contribution in [0.4, 0.5) is 0 Å². The van der Waals surface area contributed by atoms with E-state index >= 15 is 0 Å². The maximum absolute atomic E-state index is 11.9. The molecule has 0 aromatic carbocycles. The fourth-order valence-electron chi connectivity index (χ4n) is 2.96. The van der Waals surface area contributed by atoms with Gasteiger partial charge in [-0.3, -0.25) is 4.79 Å². The number of rotatable bonds is 8. The van der Waals surface area contributed by atoms with Crippen LogP contribution in [0, 0.1) is 5.92 Å². The standard InChI is InChI=1S/C17H33NO4/c1-6-16(2)12-14(8-11-22-16)17(3,20)13-15(19)21-10-7-9-18(4)5/h14,20H,6-13H2,1-5H3. The lowest BCUT2D eigenvalue weighted by atomic mass is 9.75. The van der Waals surface area contributed by atoms with Crippen molar-refractivity contribution in [1.29, 1.82) is 0 Å². The first-order valence-corrected chi connectivity index (χ1v) is 8.35. The van der Waals surface area contributed by atoms with Gasteiger partial charge in [-0.05, 0) is 59.5 Å². The van der Waals surface area contributed by atoms with Crippen LogP contribution >= 0.6 is 0 Å². The van der Waals surface area contributed by atoms with Crippen LogP contribution in [-0.2, 0) is 14.3 Å². The molecule has 0 radical (unpaired) electrons. The summed E-state index contributed by atoms with van der Waals surface area (Å²) < 4.78 is 11.1. The Morgan fingerprint density at radius 1 is 1.50 bits per heavy atom. The van der Waals surface area contributed by atoms with Crippen molar-refractivity contribution in [2.24, 2.45) is 5.92 Å². The summed E-state index contributed by atoms with van der Waals surface area (Å²) in [6.07, 6.45) is 3.35. The van der Waals surface area contributed by atoms with E-state index in [0.29, 0.717) is 13.2 Å². The highest BCUT2D eigenvalue weighted by Gasteiger charge is 2.42. The summed E-state index contributed by atoms with van der Waals surface area (Å²) in [5.74, 6) is -0.242. The summed E-state index contributed by atoms with van der Waals surface area (Å²) in [5.41, 5.74) is -1.22. The Kier molecular flexibility index (Phi) is 7.29. The first kappa shape index (κ1) is 19.4. The highest BCUT2D eigenvalue weighted by Crippen LogP contribution is 2.38. The van der Waals surface area contributed by atoms with Gasteiger partial charge >= 0.3 is 5.97 Å². The van der Waals surface area contributed by atoms with Crippen molar-refractivity contribution in [2.45, 2.75) is 64.1 Å². The summed E-state index contributed by atoms with van der Waals surface area (Å²) in [7, 11) is 3.98. The Morgan fingerprint density at radius 3 is 2.77 bits per heavy atom. The van der Waals surface area contributed by atoms with Crippen molar-refractivity contribution in [3.63, 3.8) is 0 Å². The predicted molar refractivity (Wildman–Crippen MR) is 86.7 cm³/mol. The van der Waals surface area contributed by atoms with Crippen LogP contribution in [0.5, 0.6) is 0 Å². The van der Waals surface area contributed by atoms with Gasteiger partial charge in [0.2, 0.25) is 0 Å². The van der Waals surface area contributed by atoms with E-state index < -0.39 is 5.60 Å². The summed E-state index contributed by atoms with van der Waals surface area (Å²) in [4.78, 5) is 14.0. The van der Waals surface area contributed by atoms with E-state index in [0.717, 1.165) is 32.2 Å². The number of aliphatic hydroxyl groups is 1. The zero-order chi connectivity index (χ0) is 16.8. The topological polar surface area (TPSA) is 59.0 Å². The van der Waals surface area contributed by atoms with Crippen LogP contribution in [-0.4, -0.2) is 61.0 Å². The zero-order valence-corrected chi connectivity index (χ0v) is 14.9. The predicted octanol–water partition coefficient (Wildman–Crippen LogP) is 2.22. The zero-order valence-electron chi connectivity index (χ0n) is 14.9. The Bertz CT molecular complexity index is 357. The highest BCUT2D eigenvalue weighted by atomic mass is 16.5. The van der Waals surface area contributed by atoms with Gasteiger partial charge in [0, 0.05) is 13.2 Å². The molecular formula is C17H33NO4. The van der Waals surface area contributed by atoms with Gasteiger partial charge in [0.1, 0.15) is 0 Å². The van der Waals surface area contributed by atoms with Crippen molar-refractivity contribution in [1.82, 2.24) is 4.90 Å². The molecule has 0 amide bonds. The normalized spacial score (nSPS) is 28.4. The molecular weight excluding hydrogens is 282 g/mol. The minimum Gasteiger partial charge on any atom is -0.466 e. The number of hydrogen-bond acceptors (Lipinski definition) is 5. The highest BCUT2D eigenvalue weighted by molar-refractivity contribution is 5.70. The molecule has 1 aliphatic heterocycles. The van der Waals surface area contributed by atoms with Gasteiger partial charge in [0.25, 0.3) is 0 Å². The van der Waals surface area contributed by atoms with E-state index in [1.165, 1.54) is 0 Å². The van der Waals surface area contributed by atoms with E-state index in [4.69, 9.17) is 9.47 Å². The van der Waals surface area contributed by atoms with Crippen molar-refractivity contribution >= 4 is 5.97 Å². The van der Waals surface area contributed by atoms with Crippen molar-refractivity contribution in [3.05, 3.63) is 0 Å². The van der Waals surface area contributed by atoms with Gasteiger partial charge in [-0.25, -0.2) is 0 Å². The molecule has 3 atom stereocenters. The molecule has 130 valence electrons. The molecule has 1 saturated heterocycles. The van der Waals surface area contributed by atoms with Crippen molar-refractivity contribution in [2.75, 3.05) is 33.9 Å². The summed E-state index contributed by atoms with van der Waals surface area (Å²) in [6.45, 7) is 7.86. The molecule has 3 unspecified atom stereocenters. The van der Waals surface area contributed by atoms with E-state index in [-0.39, 0.29) is 23.9 Å². The Hall–Kier alpha value is -0.650. The molecule has 0 spiro atoms. The number of ether oxygens (including phenoxy) is 2. The van der Waals surface area contributed by atoms with Crippen LogP contribution in [0.1, 0.15) is 52.9 Å². The lowest BCUT2D eigenvalue weighted by molar-refractivity contribution is -0.160. The lowest BCUT2D eigenvalue weighted by Crippen LogP contribution is -2.46. The Morgan fingerprint density at radius 2 is 2.18 bits per heavy atom. The number of nitrogens with zero attached hydrogens (tertiary/aromatic N) is 1. The third kappa shape index (κ3) is 6.23. The minimum atomic E-state index is -1.03. The SMILES string of the molecule is CCC1(C)CC(C(C)(O)CC(=O)OCCCN(C)C)CCO1. The number of carbonyl (C=O) groups is 1. The fraction of sp³-hybridized carbons (Fsp3) is 0.941. The van der Waals surface area contributed by atoms with Crippen molar-refractivity contribution < 1.29 is 19.4 Å². The fourth-order valence-corrected chi connectivity index (χ4v) is 2.96. The first-order valence-electron chi connectivity index (χ1n) is 8.35. The summed E-state index contributed by atoms with van der Waals surface area (Å²) >= 11 is 0. The summed E-state index contributed by atoms with van der Waals surface area (Å²) in [6, 6.07) is 0. The van der Waals surface area contributed by atoms with E-state index in [2.05, 4.69) is 18.7 Å². The number of hydrogen-bond donors (Lipinski definition) is 1. The minimum absolute atomic E-state index is 0.0550. The smallest absolute Gasteiger partial charge is 0.308 e. The second-order valence-corrected chi connectivity index (χ2v) is 7.25. The molecule has 0 aromatic rings. The molecule has 0 aliphatic carbocycles. The maximum atomic E-state index is 11.9. The van der Waals surface area contributed by atoms with Gasteiger partial charge in [0.15, 0.2) is 0 Å². The van der Waals surface area contributed by atoms with Crippen LogP contribution < -0.4 is 0 Å². The largest absolute Gasteiger partial charge is 0.466 e. The Labute approximate surface area is 135 Å². The second-order valence-electron chi connectivity index (χ2n) is 7.25. The van der Waals surface area contributed by atoms with Crippen LogP contribution in [0.2, 0.25) is 0 Å². The summed E-state index contributed by atoms with van der Waals surface area (Å²) in [5, 5.41) is 10.7. The molecule has 22 heavy (non-hydrogen) atoms. The molecule has 1 fully saturated rings. The molecule has 0 bridgehead atoms. The second kappa shape index (κ2) is 8.27. The monoisotopic (exact) mass is 315 g/mol. The molecule has 1 aliphatic rings. The third-order valence-corrected chi connectivity index (χ3v) is 4.74. The van der Waals surface area contributed by atoms with Crippen LogP contribution in [0.3, 0.4) is 0 Å². The molecule has 5 heteroatoms. The van der Waals surface area contributed by atoms with Gasteiger partial charge in [-0.2, -0.15) is 0 Å². The molecule has 1 heterocycles. The van der Waals surface area contributed by atoms with E-state index in [1.54, 1.807) is 6.92 Å². The molecule has 1 rings (SSSR count). The average molecular weight is 315 g/mol. The van der Waals surface area contributed by atoms with Crippen molar-refractivity contribution in [3.8, 4) is 0 Å². The average Bonchev–Trinajstić information content (AvgIpc) is 2.43. The van der Waals surface area contributed by atoms with E-state index in [1.807, 2.05) is 14.1 Å². The first-order chi connectivity index (χ1) is 10.2. The van der Waals surface area contributed by atoms with Gasteiger partial charge in [0.05, 0.1) is 24.2 Å². The number of esters is 1. The lowest BCUT2D eigenvalue weighted by Gasteiger charge is -2.43. The number of carbonyl (C=O) groups excluding carboxylic acids is 1. The quantitative estimate of drug-likeness (QED) is 0.550. The third-order valence-electron chi connectivity index (χ3n) is 4.74. The van der Waals surface area contributed by atoms with Crippen LogP contribution in [0.15, 0.2) is 0 Å². The van der Waals surface area contributed by atoms with E-state index in [9.17, 15) is 9.90 Å². The Balaban J connectivity index is 2.43. The molecule has 0 saturated carbocycles. The molecule has 0 aromatic heterocycles. The van der Waals surface area contributed by atoms with Gasteiger partial charge < -0.3 is 19.5 Å². The molecule has 1 N–H and O–H groups in total. The van der Waals surface area contributed by atoms with Gasteiger partial charge in [-0.1, -0.05) is 6.92 Å². The van der Waals surface area contributed by atoms with Gasteiger partial charge in [-0.15, -0.1) is 0 Å². The van der Waals surface area contributed by atoms with Crippen LogP contribution in [0.25, 0.3) is 0 Å². The molecule has 5 nitrogen and oxygen atoms in total.